The molecule has 4 rings (SSSR count). The number of nitrogens with one attached hydrogen (secondary N) is 1. The van der Waals surface area contributed by atoms with E-state index >= 15 is 0 Å². The molecular formula is C21H24N6O. The summed E-state index contributed by atoms with van der Waals surface area (Å²) in [5, 5.41) is 7.20. The number of pyridine rings is 1. The van der Waals surface area contributed by atoms with E-state index in [0.717, 1.165) is 43.2 Å². The number of anilines is 1. The Bertz CT molecular complexity index is 914. The number of hydrogen-bond donors (Lipinski definition) is 1. The van der Waals surface area contributed by atoms with Crippen LogP contribution in [0.25, 0.3) is 5.69 Å². The van der Waals surface area contributed by atoms with Crippen LogP contribution in [0, 0.1) is 0 Å². The van der Waals surface area contributed by atoms with Crippen molar-refractivity contribution < 1.29 is 4.79 Å². The third-order valence-electron chi connectivity index (χ3n) is 4.95. The highest BCUT2D eigenvalue weighted by Gasteiger charge is 2.15. The minimum Gasteiger partial charge on any atom is -0.354 e. The summed E-state index contributed by atoms with van der Waals surface area (Å²) in [6.45, 7) is 4.52. The molecule has 1 N–H and O–H groups in total. The van der Waals surface area contributed by atoms with Crippen LogP contribution < -0.4 is 10.2 Å². The number of nitrogens with zero attached hydrogens (tertiary/aromatic N) is 5. The molecule has 0 aliphatic carbocycles. The summed E-state index contributed by atoms with van der Waals surface area (Å²) >= 11 is 0. The number of rotatable bonds is 5. The van der Waals surface area contributed by atoms with Crippen LogP contribution in [0.5, 0.6) is 0 Å². The molecule has 3 aromatic rings. The van der Waals surface area contributed by atoms with Crippen LogP contribution >= 0.6 is 0 Å². The third-order valence-corrected chi connectivity index (χ3v) is 4.95. The maximum Gasteiger partial charge on any atom is 0.254 e. The maximum absolute atomic E-state index is 12.4. The average Bonchev–Trinajstić information content (AvgIpc) is 3.24. The fourth-order valence-electron chi connectivity index (χ4n) is 3.19. The molecule has 1 saturated heterocycles. The highest BCUT2D eigenvalue weighted by molar-refractivity contribution is 5.93. The second kappa shape index (κ2) is 8.22. The Labute approximate surface area is 164 Å². The lowest BCUT2D eigenvalue weighted by atomic mass is 10.2. The van der Waals surface area contributed by atoms with Gasteiger partial charge in [0.05, 0.1) is 17.4 Å². The van der Waals surface area contributed by atoms with Crippen LogP contribution in [-0.2, 0) is 6.54 Å². The van der Waals surface area contributed by atoms with Gasteiger partial charge in [-0.05, 0) is 30.8 Å². The largest absolute Gasteiger partial charge is 0.354 e. The standard InChI is InChI=1S/C21H24N6O/c1-25-9-11-26(12-10-25)20-8-7-17(13-22-20)14-23-21(28)18-15-24-27(16-18)19-5-3-2-4-6-19/h2-8,13,15-16H,9-12,14H2,1H3,(H,23,28). The van der Waals surface area contributed by atoms with Crippen molar-refractivity contribution in [2.45, 2.75) is 6.54 Å². The summed E-state index contributed by atoms with van der Waals surface area (Å²) < 4.78 is 1.70. The predicted molar refractivity (Wildman–Crippen MR) is 109 cm³/mol. The molecule has 7 heteroatoms. The Morgan fingerprint density at radius 3 is 2.54 bits per heavy atom. The van der Waals surface area contributed by atoms with Crippen molar-refractivity contribution in [3.05, 3.63) is 72.2 Å². The average molecular weight is 376 g/mol. The van der Waals surface area contributed by atoms with Crippen molar-refractivity contribution in [2.24, 2.45) is 0 Å². The first kappa shape index (κ1) is 18.2. The summed E-state index contributed by atoms with van der Waals surface area (Å²) in [6, 6.07) is 13.8. The fraction of sp³-hybridized carbons (Fsp3) is 0.286. The summed E-state index contributed by atoms with van der Waals surface area (Å²) in [4.78, 5) is 21.6. The number of para-hydroxylation sites is 1. The van der Waals surface area contributed by atoms with Gasteiger partial charge in [-0.1, -0.05) is 24.3 Å². The zero-order chi connectivity index (χ0) is 19.3. The summed E-state index contributed by atoms with van der Waals surface area (Å²) in [5.74, 6) is 0.845. The van der Waals surface area contributed by atoms with Crippen LogP contribution in [0.2, 0.25) is 0 Å². The molecule has 0 bridgehead atoms. The molecule has 0 spiro atoms. The van der Waals surface area contributed by atoms with Crippen LogP contribution in [-0.4, -0.2) is 58.8 Å². The highest BCUT2D eigenvalue weighted by atomic mass is 16.1. The Kier molecular flexibility index (Phi) is 5.34. The SMILES string of the molecule is CN1CCN(c2ccc(CNC(=O)c3cnn(-c4ccccc4)c3)cn2)CC1. The Morgan fingerprint density at radius 1 is 1.04 bits per heavy atom. The van der Waals surface area contributed by atoms with E-state index < -0.39 is 0 Å². The predicted octanol–water partition coefficient (Wildman–Crippen LogP) is 1.95. The molecule has 0 atom stereocenters. The van der Waals surface area contributed by atoms with E-state index in [1.54, 1.807) is 17.1 Å². The van der Waals surface area contributed by atoms with Gasteiger partial charge >= 0.3 is 0 Å². The van der Waals surface area contributed by atoms with Gasteiger partial charge < -0.3 is 15.1 Å². The van der Waals surface area contributed by atoms with Crippen LogP contribution in [0.3, 0.4) is 0 Å². The first-order valence-electron chi connectivity index (χ1n) is 9.46. The van der Waals surface area contributed by atoms with Crippen molar-refractivity contribution in [3.63, 3.8) is 0 Å². The maximum atomic E-state index is 12.4. The molecule has 1 amide bonds. The van der Waals surface area contributed by atoms with E-state index in [2.05, 4.69) is 32.2 Å². The summed E-state index contributed by atoms with van der Waals surface area (Å²) in [5.41, 5.74) is 2.43. The first-order chi connectivity index (χ1) is 13.7. The minimum atomic E-state index is -0.148. The van der Waals surface area contributed by atoms with Crippen molar-refractivity contribution >= 4 is 11.7 Å². The Hall–Kier alpha value is -3.19. The zero-order valence-corrected chi connectivity index (χ0v) is 16.0. The molecule has 1 aliphatic heterocycles. The molecule has 144 valence electrons. The molecule has 1 aromatic carbocycles. The number of piperazine rings is 1. The third kappa shape index (κ3) is 4.20. The first-order valence-corrected chi connectivity index (χ1v) is 9.46. The monoisotopic (exact) mass is 376 g/mol. The van der Waals surface area contributed by atoms with Crippen LogP contribution in [0.1, 0.15) is 15.9 Å². The molecule has 7 nitrogen and oxygen atoms in total. The smallest absolute Gasteiger partial charge is 0.254 e. The van der Waals surface area contributed by atoms with Crippen molar-refractivity contribution in [1.29, 1.82) is 0 Å². The normalized spacial score (nSPS) is 14.8. The quantitative estimate of drug-likeness (QED) is 0.737. The van der Waals surface area contributed by atoms with E-state index in [4.69, 9.17) is 0 Å². The van der Waals surface area contributed by atoms with Gasteiger partial charge in [-0.2, -0.15) is 5.10 Å². The van der Waals surface area contributed by atoms with Crippen LogP contribution in [0.4, 0.5) is 5.82 Å². The number of carbonyl (C=O) groups excluding carboxylic acids is 1. The second-order valence-electron chi connectivity index (χ2n) is 7.01. The van der Waals surface area contributed by atoms with Gasteiger partial charge in [0.2, 0.25) is 0 Å². The number of likely N-dealkylation sites (N-methyl/N-ethyl adjacent to an activating group) is 1. The van der Waals surface area contributed by atoms with E-state index in [0.29, 0.717) is 12.1 Å². The zero-order valence-electron chi connectivity index (χ0n) is 16.0. The van der Waals surface area contributed by atoms with Crippen LogP contribution in [0.15, 0.2) is 61.1 Å². The molecule has 0 radical (unpaired) electrons. The number of amides is 1. The number of aromatic nitrogens is 3. The summed E-state index contributed by atoms with van der Waals surface area (Å²) in [7, 11) is 2.14. The van der Waals surface area contributed by atoms with Gasteiger partial charge in [0.25, 0.3) is 5.91 Å². The van der Waals surface area contributed by atoms with E-state index in [1.807, 2.05) is 48.7 Å². The number of benzene rings is 1. The molecule has 1 aliphatic rings. The molecular weight excluding hydrogens is 352 g/mol. The highest BCUT2D eigenvalue weighted by Crippen LogP contribution is 2.14. The molecule has 28 heavy (non-hydrogen) atoms. The number of carbonyl (C=O) groups is 1. The van der Waals surface area contributed by atoms with E-state index in [-0.39, 0.29) is 5.91 Å². The van der Waals surface area contributed by atoms with Gasteiger partial charge in [-0.3, -0.25) is 4.79 Å². The summed E-state index contributed by atoms with van der Waals surface area (Å²) in [6.07, 6.45) is 5.15. The molecule has 1 fully saturated rings. The number of hydrogen-bond acceptors (Lipinski definition) is 5. The van der Waals surface area contributed by atoms with Crippen molar-refractivity contribution in [3.8, 4) is 5.69 Å². The lowest BCUT2D eigenvalue weighted by Gasteiger charge is -2.33. The van der Waals surface area contributed by atoms with E-state index in [9.17, 15) is 4.79 Å². The van der Waals surface area contributed by atoms with Gasteiger partial charge in [0, 0.05) is 45.1 Å². The molecule has 2 aromatic heterocycles. The fourth-order valence-corrected chi connectivity index (χ4v) is 3.19. The second-order valence-corrected chi connectivity index (χ2v) is 7.01. The molecule has 0 unspecified atom stereocenters. The van der Waals surface area contributed by atoms with Crippen molar-refractivity contribution in [2.75, 3.05) is 38.1 Å². The van der Waals surface area contributed by atoms with Gasteiger partial charge in [-0.25, -0.2) is 9.67 Å². The van der Waals surface area contributed by atoms with Gasteiger partial charge in [0.1, 0.15) is 5.82 Å². The molecule has 3 heterocycles. The lowest BCUT2D eigenvalue weighted by Crippen LogP contribution is -2.44. The van der Waals surface area contributed by atoms with Gasteiger partial charge in [-0.15, -0.1) is 0 Å². The lowest BCUT2D eigenvalue weighted by molar-refractivity contribution is 0.0951. The van der Waals surface area contributed by atoms with Gasteiger partial charge in [0.15, 0.2) is 0 Å². The topological polar surface area (TPSA) is 66.3 Å². The minimum absolute atomic E-state index is 0.148. The molecule has 0 saturated carbocycles. The Morgan fingerprint density at radius 2 is 1.82 bits per heavy atom. The van der Waals surface area contributed by atoms with Crippen molar-refractivity contribution in [1.82, 2.24) is 25.0 Å². The van der Waals surface area contributed by atoms with E-state index in [1.165, 1.54) is 0 Å². The Balaban J connectivity index is 1.33.